The first-order valence-electron chi connectivity index (χ1n) is 5.12. The molecule has 4 heteroatoms. The highest BCUT2D eigenvalue weighted by atomic mass is 16.2. The number of aromatic nitrogens is 1. The fourth-order valence-electron chi connectivity index (χ4n) is 1.23. The van der Waals surface area contributed by atoms with Gasteiger partial charge in [-0.1, -0.05) is 0 Å². The molecule has 0 radical (unpaired) electrons. The molecule has 0 fully saturated rings. The summed E-state index contributed by atoms with van der Waals surface area (Å²) in [6, 6.07) is 3.91. The number of carbonyl (C=O) groups excluding carboxylic acids is 1. The van der Waals surface area contributed by atoms with Crippen molar-refractivity contribution in [2.75, 3.05) is 20.1 Å². The fourth-order valence-corrected chi connectivity index (χ4v) is 1.23. The molecule has 1 aromatic rings. The monoisotopic (exact) mass is 207 g/mol. The first kappa shape index (κ1) is 11.5. The van der Waals surface area contributed by atoms with E-state index in [0.717, 1.165) is 13.0 Å². The molecule has 0 aliphatic carbocycles. The molecule has 1 rings (SSSR count). The van der Waals surface area contributed by atoms with Gasteiger partial charge in [-0.25, -0.2) is 4.79 Å². The van der Waals surface area contributed by atoms with Gasteiger partial charge in [-0.15, -0.1) is 0 Å². The molecule has 0 saturated carbocycles. The van der Waals surface area contributed by atoms with Crippen molar-refractivity contribution in [1.82, 2.24) is 15.2 Å². The summed E-state index contributed by atoms with van der Waals surface area (Å²) in [4.78, 5) is 17.0. The first-order valence-corrected chi connectivity index (χ1v) is 5.12. The lowest BCUT2D eigenvalue weighted by molar-refractivity contribution is 0.210. The first-order chi connectivity index (χ1) is 7.24. The van der Waals surface area contributed by atoms with Crippen LogP contribution in [-0.4, -0.2) is 36.1 Å². The van der Waals surface area contributed by atoms with E-state index < -0.39 is 0 Å². The molecular formula is C11H17N3O. The van der Waals surface area contributed by atoms with Gasteiger partial charge in [0.15, 0.2) is 0 Å². The van der Waals surface area contributed by atoms with Crippen LogP contribution in [-0.2, 0) is 6.42 Å². The molecular weight excluding hydrogens is 190 g/mol. The Morgan fingerprint density at radius 1 is 1.47 bits per heavy atom. The van der Waals surface area contributed by atoms with Crippen molar-refractivity contribution in [2.24, 2.45) is 0 Å². The molecule has 82 valence electrons. The molecule has 2 amide bonds. The van der Waals surface area contributed by atoms with Crippen molar-refractivity contribution >= 4 is 6.03 Å². The standard InChI is InChI=1S/C11H17N3O/c1-3-13-11(15)14(2)9-6-10-4-7-12-8-5-10/h4-5,7-8H,3,6,9H2,1-2H3,(H,13,15). The molecule has 15 heavy (non-hydrogen) atoms. The second-order valence-corrected chi connectivity index (χ2v) is 3.36. The Bertz CT molecular complexity index is 300. The number of hydrogen-bond donors (Lipinski definition) is 1. The largest absolute Gasteiger partial charge is 0.338 e. The number of likely N-dealkylation sites (N-methyl/N-ethyl adjacent to an activating group) is 1. The number of carbonyl (C=O) groups is 1. The van der Waals surface area contributed by atoms with E-state index in [1.165, 1.54) is 5.56 Å². The molecule has 0 spiro atoms. The van der Waals surface area contributed by atoms with E-state index in [1.54, 1.807) is 24.3 Å². The number of hydrogen-bond acceptors (Lipinski definition) is 2. The van der Waals surface area contributed by atoms with Gasteiger partial charge < -0.3 is 10.2 Å². The van der Waals surface area contributed by atoms with Gasteiger partial charge >= 0.3 is 6.03 Å². The maximum absolute atomic E-state index is 11.4. The summed E-state index contributed by atoms with van der Waals surface area (Å²) in [7, 11) is 1.80. The Balaban J connectivity index is 2.34. The molecule has 0 aliphatic heterocycles. The lowest BCUT2D eigenvalue weighted by Crippen LogP contribution is -2.38. The minimum absolute atomic E-state index is 0.0217. The minimum Gasteiger partial charge on any atom is -0.338 e. The summed E-state index contributed by atoms with van der Waals surface area (Å²) in [5.41, 5.74) is 1.20. The van der Waals surface area contributed by atoms with Gasteiger partial charge in [0.2, 0.25) is 0 Å². The Hall–Kier alpha value is -1.58. The minimum atomic E-state index is -0.0217. The highest BCUT2D eigenvalue weighted by Crippen LogP contribution is 1.98. The van der Waals surface area contributed by atoms with Crippen molar-refractivity contribution in [2.45, 2.75) is 13.3 Å². The van der Waals surface area contributed by atoms with E-state index in [4.69, 9.17) is 0 Å². The Labute approximate surface area is 90.3 Å². The van der Waals surface area contributed by atoms with E-state index in [2.05, 4.69) is 10.3 Å². The second-order valence-electron chi connectivity index (χ2n) is 3.36. The molecule has 4 nitrogen and oxygen atoms in total. The van der Waals surface area contributed by atoms with Crippen LogP contribution >= 0.6 is 0 Å². The molecule has 0 saturated heterocycles. The SMILES string of the molecule is CCNC(=O)N(C)CCc1ccncc1. The molecule has 0 unspecified atom stereocenters. The van der Waals surface area contributed by atoms with Gasteiger partial charge in [0, 0.05) is 32.5 Å². The summed E-state index contributed by atoms with van der Waals surface area (Å²) >= 11 is 0. The fraction of sp³-hybridized carbons (Fsp3) is 0.455. The van der Waals surface area contributed by atoms with Crippen LogP contribution in [0.2, 0.25) is 0 Å². The normalized spacial score (nSPS) is 9.73. The average molecular weight is 207 g/mol. The quantitative estimate of drug-likeness (QED) is 0.808. The summed E-state index contributed by atoms with van der Waals surface area (Å²) < 4.78 is 0. The Morgan fingerprint density at radius 2 is 2.13 bits per heavy atom. The van der Waals surface area contributed by atoms with Crippen LogP contribution < -0.4 is 5.32 Å². The average Bonchev–Trinajstić information content (AvgIpc) is 2.27. The van der Waals surface area contributed by atoms with Crippen LogP contribution in [0.15, 0.2) is 24.5 Å². The summed E-state index contributed by atoms with van der Waals surface area (Å²) in [5, 5.41) is 2.76. The van der Waals surface area contributed by atoms with Crippen LogP contribution in [0.1, 0.15) is 12.5 Å². The van der Waals surface area contributed by atoms with Crippen molar-refractivity contribution < 1.29 is 4.79 Å². The molecule has 1 aromatic heterocycles. The summed E-state index contributed by atoms with van der Waals surface area (Å²) in [5.74, 6) is 0. The maximum Gasteiger partial charge on any atom is 0.317 e. The number of urea groups is 1. The number of rotatable bonds is 4. The van der Waals surface area contributed by atoms with Gasteiger partial charge in [-0.3, -0.25) is 4.98 Å². The predicted molar refractivity (Wildman–Crippen MR) is 59.6 cm³/mol. The van der Waals surface area contributed by atoms with Crippen molar-refractivity contribution in [3.63, 3.8) is 0 Å². The second kappa shape index (κ2) is 6.01. The molecule has 1 N–H and O–H groups in total. The third-order valence-electron chi connectivity index (χ3n) is 2.16. The molecule has 0 atom stereocenters. The Morgan fingerprint density at radius 3 is 2.73 bits per heavy atom. The number of pyridine rings is 1. The van der Waals surface area contributed by atoms with Gasteiger partial charge in [0.1, 0.15) is 0 Å². The van der Waals surface area contributed by atoms with E-state index >= 15 is 0 Å². The van der Waals surface area contributed by atoms with E-state index in [0.29, 0.717) is 6.54 Å². The van der Waals surface area contributed by atoms with Gasteiger partial charge in [-0.05, 0) is 31.0 Å². The van der Waals surface area contributed by atoms with Gasteiger partial charge in [0.25, 0.3) is 0 Å². The topological polar surface area (TPSA) is 45.2 Å². The van der Waals surface area contributed by atoms with Crippen LogP contribution in [0.4, 0.5) is 4.79 Å². The molecule has 0 aromatic carbocycles. The highest BCUT2D eigenvalue weighted by Gasteiger charge is 2.05. The third kappa shape index (κ3) is 3.97. The van der Waals surface area contributed by atoms with Crippen LogP contribution in [0.5, 0.6) is 0 Å². The van der Waals surface area contributed by atoms with E-state index in [-0.39, 0.29) is 6.03 Å². The molecule has 0 bridgehead atoms. The zero-order valence-corrected chi connectivity index (χ0v) is 9.23. The van der Waals surface area contributed by atoms with Crippen molar-refractivity contribution in [3.8, 4) is 0 Å². The van der Waals surface area contributed by atoms with Gasteiger partial charge in [-0.2, -0.15) is 0 Å². The Kier molecular flexibility index (Phi) is 4.60. The maximum atomic E-state index is 11.4. The predicted octanol–water partition coefficient (Wildman–Crippen LogP) is 1.29. The van der Waals surface area contributed by atoms with Crippen molar-refractivity contribution in [1.29, 1.82) is 0 Å². The molecule has 1 heterocycles. The number of amides is 2. The zero-order chi connectivity index (χ0) is 11.1. The van der Waals surface area contributed by atoms with Crippen molar-refractivity contribution in [3.05, 3.63) is 30.1 Å². The number of nitrogens with zero attached hydrogens (tertiary/aromatic N) is 2. The van der Waals surface area contributed by atoms with E-state index in [9.17, 15) is 4.79 Å². The summed E-state index contributed by atoms with van der Waals surface area (Å²) in [6.07, 6.45) is 4.39. The van der Waals surface area contributed by atoms with Crippen LogP contribution in [0.25, 0.3) is 0 Å². The lowest BCUT2D eigenvalue weighted by atomic mass is 10.2. The lowest BCUT2D eigenvalue weighted by Gasteiger charge is -2.17. The zero-order valence-electron chi connectivity index (χ0n) is 9.23. The summed E-state index contributed by atoms with van der Waals surface area (Å²) in [6.45, 7) is 3.29. The third-order valence-corrected chi connectivity index (χ3v) is 2.16. The van der Waals surface area contributed by atoms with Crippen LogP contribution in [0.3, 0.4) is 0 Å². The number of nitrogens with one attached hydrogen (secondary N) is 1. The smallest absolute Gasteiger partial charge is 0.317 e. The highest BCUT2D eigenvalue weighted by molar-refractivity contribution is 5.73. The van der Waals surface area contributed by atoms with E-state index in [1.807, 2.05) is 19.1 Å². The van der Waals surface area contributed by atoms with Gasteiger partial charge in [0.05, 0.1) is 0 Å². The van der Waals surface area contributed by atoms with Crippen LogP contribution in [0, 0.1) is 0 Å². The molecule has 0 aliphatic rings.